The molecule has 1 aromatic heterocycles. The number of hydrogen-bond acceptors (Lipinski definition) is 3. The van der Waals surface area contributed by atoms with Crippen molar-refractivity contribution in [3.05, 3.63) is 105 Å². The van der Waals surface area contributed by atoms with Gasteiger partial charge in [0.15, 0.2) is 0 Å². The van der Waals surface area contributed by atoms with Gasteiger partial charge in [0.25, 0.3) is 5.91 Å². The first-order chi connectivity index (χ1) is 18.0. The second-order valence-electron chi connectivity index (χ2n) is 9.93. The lowest BCUT2D eigenvalue weighted by molar-refractivity contribution is -0.133. The first kappa shape index (κ1) is 26.9. The van der Waals surface area contributed by atoms with Crippen LogP contribution in [0.15, 0.2) is 72.6 Å². The smallest absolute Gasteiger partial charge is 0.254 e. The van der Waals surface area contributed by atoms with Crippen LogP contribution in [-0.2, 0) is 17.6 Å². The van der Waals surface area contributed by atoms with Crippen LogP contribution in [0.2, 0.25) is 0 Å². The fraction of sp³-hybridized carbons (Fsp3) is 0.375. The van der Waals surface area contributed by atoms with Crippen molar-refractivity contribution < 1.29 is 9.59 Å². The molecule has 0 aliphatic carbocycles. The summed E-state index contributed by atoms with van der Waals surface area (Å²) in [6.07, 6.45) is 8.46. The number of aryl methyl sites for hydroxylation is 2. The highest BCUT2D eigenvalue weighted by Gasteiger charge is 2.34. The highest BCUT2D eigenvalue weighted by atomic mass is 32.1. The predicted molar refractivity (Wildman–Crippen MR) is 153 cm³/mol. The number of carbonyl (C=O) groups excluding carboxylic acids is 2. The SMILES string of the molecule is C=CCN(CC(=O)N1CCc2sccc2C1c1ccc(C)cc1)C(=O)c1ccc(CCCCCC)cc1. The summed E-state index contributed by atoms with van der Waals surface area (Å²) in [7, 11) is 0. The molecule has 1 aliphatic heterocycles. The van der Waals surface area contributed by atoms with E-state index in [9.17, 15) is 9.59 Å². The fourth-order valence-electron chi connectivity index (χ4n) is 5.07. The molecule has 4 nitrogen and oxygen atoms in total. The second kappa shape index (κ2) is 12.9. The van der Waals surface area contributed by atoms with Crippen molar-refractivity contribution >= 4 is 23.2 Å². The Balaban J connectivity index is 1.49. The number of thiophene rings is 1. The number of rotatable bonds is 11. The Labute approximate surface area is 225 Å². The third-order valence-corrected chi connectivity index (χ3v) is 8.16. The Morgan fingerprint density at radius 1 is 1.05 bits per heavy atom. The van der Waals surface area contributed by atoms with E-state index in [0.717, 1.165) is 18.4 Å². The van der Waals surface area contributed by atoms with E-state index >= 15 is 0 Å². The van der Waals surface area contributed by atoms with E-state index in [1.807, 2.05) is 29.2 Å². The number of benzene rings is 2. The maximum Gasteiger partial charge on any atom is 0.254 e. The van der Waals surface area contributed by atoms with Crippen molar-refractivity contribution in [1.82, 2.24) is 9.80 Å². The van der Waals surface area contributed by atoms with Crippen LogP contribution in [0.4, 0.5) is 0 Å². The third-order valence-electron chi connectivity index (χ3n) is 7.16. The zero-order chi connectivity index (χ0) is 26.2. The first-order valence-corrected chi connectivity index (χ1v) is 14.3. The van der Waals surface area contributed by atoms with Gasteiger partial charge in [-0.15, -0.1) is 17.9 Å². The van der Waals surface area contributed by atoms with Gasteiger partial charge in [-0.3, -0.25) is 9.59 Å². The zero-order valence-electron chi connectivity index (χ0n) is 22.1. The van der Waals surface area contributed by atoms with Gasteiger partial charge >= 0.3 is 0 Å². The number of unbranched alkanes of at least 4 members (excludes halogenated alkanes) is 3. The monoisotopic (exact) mass is 514 g/mol. The molecule has 194 valence electrons. The van der Waals surface area contributed by atoms with Gasteiger partial charge in [-0.25, -0.2) is 0 Å². The van der Waals surface area contributed by atoms with Gasteiger partial charge in [-0.1, -0.05) is 74.2 Å². The number of hydrogen-bond donors (Lipinski definition) is 0. The summed E-state index contributed by atoms with van der Waals surface area (Å²) in [6.45, 7) is 9.13. The quantitative estimate of drug-likeness (QED) is 0.205. The van der Waals surface area contributed by atoms with E-state index in [-0.39, 0.29) is 24.4 Å². The van der Waals surface area contributed by atoms with E-state index < -0.39 is 0 Å². The molecule has 0 fully saturated rings. The van der Waals surface area contributed by atoms with Crippen molar-refractivity contribution in [2.24, 2.45) is 0 Å². The summed E-state index contributed by atoms with van der Waals surface area (Å²) in [4.78, 5) is 32.0. The first-order valence-electron chi connectivity index (χ1n) is 13.4. The molecule has 2 aromatic carbocycles. The van der Waals surface area contributed by atoms with Crippen LogP contribution in [0.3, 0.4) is 0 Å². The summed E-state index contributed by atoms with van der Waals surface area (Å²) in [6, 6.07) is 18.3. The van der Waals surface area contributed by atoms with Gasteiger partial charge in [0.05, 0.1) is 6.04 Å². The molecule has 0 saturated heterocycles. The molecule has 2 heterocycles. The van der Waals surface area contributed by atoms with Gasteiger partial charge in [0, 0.05) is 23.5 Å². The van der Waals surface area contributed by atoms with Crippen molar-refractivity contribution in [3.63, 3.8) is 0 Å². The normalized spacial score (nSPS) is 14.8. The largest absolute Gasteiger partial charge is 0.330 e. The lowest BCUT2D eigenvalue weighted by Crippen LogP contribution is -2.46. The molecular weight excluding hydrogens is 476 g/mol. The number of fused-ring (bicyclic) bond motifs is 1. The summed E-state index contributed by atoms with van der Waals surface area (Å²) in [5, 5.41) is 2.11. The Morgan fingerprint density at radius 3 is 2.51 bits per heavy atom. The molecule has 1 aliphatic rings. The molecule has 0 spiro atoms. The maximum atomic E-state index is 13.7. The number of nitrogens with zero attached hydrogens (tertiary/aromatic N) is 2. The van der Waals surface area contributed by atoms with E-state index in [2.05, 4.69) is 56.1 Å². The summed E-state index contributed by atoms with van der Waals surface area (Å²) in [5.74, 6) is -0.170. The molecule has 2 amide bonds. The Morgan fingerprint density at radius 2 is 1.81 bits per heavy atom. The molecule has 37 heavy (non-hydrogen) atoms. The van der Waals surface area contributed by atoms with Crippen LogP contribution >= 0.6 is 11.3 Å². The molecule has 0 radical (unpaired) electrons. The zero-order valence-corrected chi connectivity index (χ0v) is 22.9. The minimum Gasteiger partial charge on any atom is -0.330 e. The van der Waals surface area contributed by atoms with Crippen LogP contribution < -0.4 is 0 Å². The average molecular weight is 515 g/mol. The lowest BCUT2D eigenvalue weighted by atomic mass is 9.92. The van der Waals surface area contributed by atoms with Crippen LogP contribution in [0, 0.1) is 6.92 Å². The van der Waals surface area contributed by atoms with E-state index in [1.54, 1.807) is 22.3 Å². The van der Waals surface area contributed by atoms with Crippen LogP contribution in [0.1, 0.15) is 76.1 Å². The topological polar surface area (TPSA) is 40.6 Å². The summed E-state index contributed by atoms with van der Waals surface area (Å²) < 4.78 is 0. The van der Waals surface area contributed by atoms with Gasteiger partial charge in [0.2, 0.25) is 5.91 Å². The van der Waals surface area contributed by atoms with E-state index in [4.69, 9.17) is 0 Å². The molecule has 0 saturated carbocycles. The van der Waals surface area contributed by atoms with Gasteiger partial charge in [0.1, 0.15) is 6.54 Å². The minimum absolute atomic E-state index is 0.0332. The fourth-order valence-corrected chi connectivity index (χ4v) is 5.98. The van der Waals surface area contributed by atoms with Crippen molar-refractivity contribution in [2.45, 2.75) is 58.4 Å². The number of amides is 2. The van der Waals surface area contributed by atoms with Crippen molar-refractivity contribution in [2.75, 3.05) is 19.6 Å². The van der Waals surface area contributed by atoms with Gasteiger partial charge in [-0.2, -0.15) is 0 Å². The summed E-state index contributed by atoms with van der Waals surface area (Å²) in [5.41, 5.74) is 5.36. The van der Waals surface area contributed by atoms with Crippen LogP contribution in [0.25, 0.3) is 0 Å². The molecule has 0 N–H and O–H groups in total. The molecular formula is C32H38N2O2S. The Kier molecular flexibility index (Phi) is 9.34. The molecule has 5 heteroatoms. The average Bonchev–Trinajstić information content (AvgIpc) is 3.40. The Hall–Kier alpha value is -3.18. The highest BCUT2D eigenvalue weighted by molar-refractivity contribution is 7.10. The molecule has 1 atom stereocenters. The van der Waals surface area contributed by atoms with Crippen molar-refractivity contribution in [3.8, 4) is 0 Å². The molecule has 1 unspecified atom stereocenters. The second-order valence-corrected chi connectivity index (χ2v) is 10.9. The highest BCUT2D eigenvalue weighted by Crippen LogP contribution is 2.38. The van der Waals surface area contributed by atoms with Crippen LogP contribution in [0.5, 0.6) is 0 Å². The summed E-state index contributed by atoms with van der Waals surface area (Å²) >= 11 is 1.76. The molecule has 3 aromatic rings. The van der Waals surface area contributed by atoms with Crippen molar-refractivity contribution in [1.29, 1.82) is 0 Å². The molecule has 4 rings (SSSR count). The number of carbonyl (C=O) groups is 2. The third kappa shape index (κ3) is 6.58. The van der Waals surface area contributed by atoms with E-state index in [0.29, 0.717) is 18.7 Å². The lowest BCUT2D eigenvalue weighted by Gasteiger charge is -2.37. The van der Waals surface area contributed by atoms with E-state index in [1.165, 1.54) is 47.3 Å². The maximum absolute atomic E-state index is 13.7. The van der Waals surface area contributed by atoms with Crippen LogP contribution in [-0.4, -0.2) is 41.2 Å². The van der Waals surface area contributed by atoms with Gasteiger partial charge in [-0.05, 0) is 66.5 Å². The predicted octanol–water partition coefficient (Wildman–Crippen LogP) is 6.98. The van der Waals surface area contributed by atoms with Gasteiger partial charge < -0.3 is 9.80 Å². The molecule has 0 bridgehead atoms. The minimum atomic E-state index is -0.133. The Bertz CT molecular complexity index is 1200. The standard InChI is InChI=1S/C32H38N2O2S/c1-4-6-7-8-9-25-12-16-27(17-13-25)32(36)33(20-5-2)23-30(35)34-21-18-29-28(19-22-37-29)31(34)26-14-10-24(3)11-15-26/h5,10-17,19,22,31H,2,4,6-9,18,20-21,23H2,1,3H3.